The van der Waals surface area contributed by atoms with Crippen LogP contribution in [0.5, 0.6) is 0 Å². The Morgan fingerprint density at radius 3 is 2.31 bits per heavy atom. The molecule has 2 aromatic rings. The molecular formula is C37H49FO4. The van der Waals surface area contributed by atoms with E-state index in [0.29, 0.717) is 35.6 Å². The molecule has 0 amide bonds. The van der Waals surface area contributed by atoms with Gasteiger partial charge in [-0.15, -0.1) is 13.2 Å². The van der Waals surface area contributed by atoms with E-state index >= 15 is 0 Å². The first kappa shape index (κ1) is 34.8. The number of carbonyl (C=O) groups is 1. The molecule has 0 radical (unpaired) electrons. The van der Waals surface area contributed by atoms with E-state index in [1.165, 1.54) is 6.07 Å². The summed E-state index contributed by atoms with van der Waals surface area (Å²) >= 11 is 0. The molecule has 0 fully saturated rings. The maximum Gasteiger partial charge on any atom is 0.313 e. The molecule has 2 aromatic carbocycles. The second-order valence-corrected chi connectivity index (χ2v) is 11.6. The normalized spacial score (nSPS) is 16.9. The molecule has 0 aromatic heterocycles. The number of carbonyl (C=O) groups excluding carboxylic acids is 1. The lowest BCUT2D eigenvalue weighted by atomic mass is 9.67. The summed E-state index contributed by atoms with van der Waals surface area (Å²) in [7, 11) is 1.66. The molecule has 0 aliphatic heterocycles. The summed E-state index contributed by atoms with van der Waals surface area (Å²) in [5, 5.41) is 14.2. The van der Waals surface area contributed by atoms with Crippen molar-refractivity contribution in [2.24, 2.45) is 11.8 Å². The van der Waals surface area contributed by atoms with Gasteiger partial charge in [0.25, 0.3) is 0 Å². The standard InChI is InChI=1S/C35H45FO4.C2H4/c1-8-10-15-30(25(9-2)17-16-24(3)33(37)40-34(4,5)6)35(38,26-18-20-27(39-7)21-19-26)31-22-23-32(36)29-14-12-11-13-28(29)31;1-2/h9,11-14,16-18,20,22-24,30,38H,8,10,15,19,21H2,1-7H3;1-2H2/b17-16-,25-9+;. The quantitative estimate of drug-likeness (QED) is 0.164. The monoisotopic (exact) mass is 576 g/mol. The van der Waals surface area contributed by atoms with Crippen molar-refractivity contribution in [2.45, 2.75) is 84.8 Å². The van der Waals surface area contributed by atoms with E-state index in [2.05, 4.69) is 20.1 Å². The van der Waals surface area contributed by atoms with Crippen LogP contribution >= 0.6 is 0 Å². The molecule has 42 heavy (non-hydrogen) atoms. The van der Waals surface area contributed by atoms with Crippen molar-refractivity contribution in [3.63, 3.8) is 0 Å². The average molecular weight is 577 g/mol. The minimum absolute atomic E-state index is 0.295. The molecule has 0 saturated carbocycles. The molecule has 0 bridgehead atoms. The highest BCUT2D eigenvalue weighted by Gasteiger charge is 2.44. The minimum atomic E-state index is -1.42. The molecule has 228 valence electrons. The molecule has 5 heteroatoms. The SMILES string of the molecule is C/C=C(\C=C/C(C)C(=O)OC(C)(C)C)C(CCCC)C(O)(C1=CC=C(OC)CC1)c1ccc(F)c2ccccc12.C=C. The molecule has 3 atom stereocenters. The van der Waals surface area contributed by atoms with Gasteiger partial charge in [-0.25, -0.2) is 4.39 Å². The third-order valence-corrected chi connectivity index (χ3v) is 7.59. The van der Waals surface area contributed by atoms with E-state index in [-0.39, 0.29) is 17.7 Å². The van der Waals surface area contributed by atoms with Gasteiger partial charge in [0.2, 0.25) is 0 Å². The van der Waals surface area contributed by atoms with Crippen molar-refractivity contribution in [1.29, 1.82) is 0 Å². The number of hydrogen-bond acceptors (Lipinski definition) is 4. The van der Waals surface area contributed by atoms with Gasteiger partial charge in [0.15, 0.2) is 0 Å². The first-order valence-electron chi connectivity index (χ1n) is 14.9. The van der Waals surface area contributed by atoms with Crippen LogP contribution in [0.1, 0.15) is 79.2 Å². The lowest BCUT2D eigenvalue weighted by Gasteiger charge is -2.41. The largest absolute Gasteiger partial charge is 0.501 e. The molecule has 0 heterocycles. The van der Waals surface area contributed by atoms with E-state index in [1.807, 2.05) is 83.2 Å². The predicted octanol–water partition coefficient (Wildman–Crippen LogP) is 9.51. The van der Waals surface area contributed by atoms with Gasteiger partial charge in [0.05, 0.1) is 18.8 Å². The second-order valence-electron chi connectivity index (χ2n) is 11.6. The van der Waals surface area contributed by atoms with Gasteiger partial charge in [0, 0.05) is 17.7 Å². The third-order valence-electron chi connectivity index (χ3n) is 7.59. The molecule has 4 nitrogen and oxygen atoms in total. The van der Waals surface area contributed by atoms with E-state index in [0.717, 1.165) is 29.7 Å². The van der Waals surface area contributed by atoms with Crippen LogP contribution in [0, 0.1) is 17.7 Å². The highest BCUT2D eigenvalue weighted by Crippen LogP contribution is 2.48. The fourth-order valence-corrected chi connectivity index (χ4v) is 5.45. The molecule has 3 rings (SSSR count). The maximum atomic E-state index is 14.9. The van der Waals surface area contributed by atoms with Gasteiger partial charge in [-0.2, -0.15) is 0 Å². The summed E-state index contributed by atoms with van der Waals surface area (Å²) in [6, 6.07) is 10.5. The van der Waals surface area contributed by atoms with Crippen LogP contribution < -0.4 is 0 Å². The highest BCUT2D eigenvalue weighted by molar-refractivity contribution is 5.87. The highest BCUT2D eigenvalue weighted by atomic mass is 19.1. The van der Waals surface area contributed by atoms with Gasteiger partial charge >= 0.3 is 5.97 Å². The summed E-state index contributed by atoms with van der Waals surface area (Å²) in [4.78, 5) is 12.7. The van der Waals surface area contributed by atoms with Crippen LogP contribution in [0.15, 0.2) is 96.8 Å². The van der Waals surface area contributed by atoms with Crippen LogP contribution in [-0.4, -0.2) is 23.8 Å². The van der Waals surface area contributed by atoms with Gasteiger partial charge in [-0.1, -0.05) is 74.4 Å². The minimum Gasteiger partial charge on any atom is -0.501 e. The van der Waals surface area contributed by atoms with Crippen molar-refractivity contribution in [1.82, 2.24) is 0 Å². The maximum absolute atomic E-state index is 14.9. The number of esters is 1. The number of methoxy groups -OCH3 is 1. The Bertz CT molecular complexity index is 1330. The van der Waals surface area contributed by atoms with Gasteiger partial charge in [0.1, 0.15) is 17.0 Å². The Morgan fingerprint density at radius 1 is 1.10 bits per heavy atom. The number of hydrogen-bond donors (Lipinski definition) is 1. The van der Waals surface area contributed by atoms with E-state index < -0.39 is 17.1 Å². The fraction of sp³-hybridized carbons (Fsp3) is 0.432. The number of halogens is 1. The van der Waals surface area contributed by atoms with Crippen LogP contribution in [0.3, 0.4) is 0 Å². The van der Waals surface area contributed by atoms with Crippen LogP contribution in [0.4, 0.5) is 4.39 Å². The van der Waals surface area contributed by atoms with Gasteiger partial charge < -0.3 is 14.6 Å². The molecule has 0 spiro atoms. The summed E-state index contributed by atoms with van der Waals surface area (Å²) in [5.74, 6) is -0.545. The average Bonchev–Trinajstić information content (AvgIpc) is 2.98. The van der Waals surface area contributed by atoms with Crippen LogP contribution in [0.25, 0.3) is 10.8 Å². The number of aliphatic hydroxyl groups is 1. The van der Waals surface area contributed by atoms with Crippen molar-refractivity contribution >= 4 is 16.7 Å². The van der Waals surface area contributed by atoms with E-state index in [9.17, 15) is 14.3 Å². The summed E-state index contributed by atoms with van der Waals surface area (Å²) in [6.45, 7) is 17.5. The van der Waals surface area contributed by atoms with Crippen LogP contribution in [0.2, 0.25) is 0 Å². The lowest BCUT2D eigenvalue weighted by molar-refractivity contribution is -0.157. The molecule has 1 aliphatic rings. The van der Waals surface area contributed by atoms with Crippen molar-refractivity contribution in [2.75, 3.05) is 7.11 Å². The smallest absolute Gasteiger partial charge is 0.313 e. The Balaban J connectivity index is 0.00000301. The zero-order chi connectivity index (χ0) is 31.5. The molecule has 1 N–H and O–H groups in total. The number of unbranched alkanes of at least 4 members (excludes halogenated alkanes) is 1. The number of benzene rings is 2. The van der Waals surface area contributed by atoms with Crippen molar-refractivity contribution < 1.29 is 23.8 Å². The Kier molecular flexibility index (Phi) is 13.0. The van der Waals surface area contributed by atoms with Crippen LogP contribution in [-0.2, 0) is 19.9 Å². The second kappa shape index (κ2) is 15.7. The van der Waals surface area contributed by atoms with Crippen molar-refractivity contribution in [3.8, 4) is 0 Å². The van der Waals surface area contributed by atoms with Gasteiger partial charge in [-0.05, 0) is 81.7 Å². The Hall–Kier alpha value is -3.44. The molecule has 1 aliphatic carbocycles. The number of rotatable bonds is 11. The topological polar surface area (TPSA) is 55.8 Å². The first-order valence-corrected chi connectivity index (χ1v) is 14.9. The Morgan fingerprint density at radius 2 is 1.76 bits per heavy atom. The zero-order valence-corrected chi connectivity index (χ0v) is 26.5. The number of ether oxygens (including phenoxy) is 2. The van der Waals surface area contributed by atoms with E-state index in [1.54, 1.807) is 19.2 Å². The molecular weight excluding hydrogens is 527 g/mol. The summed E-state index contributed by atoms with van der Waals surface area (Å²) < 4.78 is 26.0. The fourth-order valence-electron chi connectivity index (χ4n) is 5.45. The predicted molar refractivity (Wildman–Crippen MR) is 172 cm³/mol. The van der Waals surface area contributed by atoms with Crippen molar-refractivity contribution in [3.05, 3.63) is 108 Å². The number of allylic oxidation sites excluding steroid dienone is 5. The Labute approximate surface area is 252 Å². The lowest BCUT2D eigenvalue weighted by Crippen LogP contribution is -2.39. The summed E-state index contributed by atoms with van der Waals surface area (Å²) in [5.41, 5.74) is 0.470. The zero-order valence-electron chi connectivity index (χ0n) is 26.5. The molecule has 3 unspecified atom stereocenters. The number of fused-ring (bicyclic) bond motifs is 1. The van der Waals surface area contributed by atoms with E-state index in [4.69, 9.17) is 9.47 Å². The van der Waals surface area contributed by atoms with Gasteiger partial charge in [-0.3, -0.25) is 4.79 Å². The molecule has 0 saturated heterocycles. The first-order chi connectivity index (χ1) is 20.0. The summed E-state index contributed by atoms with van der Waals surface area (Å²) in [6.07, 6.45) is 13.5. The third kappa shape index (κ3) is 8.32.